The molecule has 2 rings (SSSR count). The van der Waals surface area contributed by atoms with E-state index in [2.05, 4.69) is 4.72 Å². The molecule has 0 radical (unpaired) electrons. The smallest absolute Gasteiger partial charge is 0.264 e. The highest BCUT2D eigenvalue weighted by Crippen LogP contribution is 2.31. The summed E-state index contributed by atoms with van der Waals surface area (Å²) < 4.78 is 45.3. The largest absolute Gasteiger partial charge is 0.495 e. The van der Waals surface area contributed by atoms with Gasteiger partial charge in [-0.25, -0.2) is 12.8 Å². The van der Waals surface area contributed by atoms with Crippen LogP contribution in [0.5, 0.6) is 5.75 Å². The van der Waals surface area contributed by atoms with Gasteiger partial charge in [-0.15, -0.1) is 0 Å². The van der Waals surface area contributed by atoms with Crippen LogP contribution in [0.15, 0.2) is 41.3 Å². The van der Waals surface area contributed by atoms with Crippen molar-refractivity contribution in [2.45, 2.75) is 4.90 Å². The second-order valence-corrected chi connectivity index (χ2v) is 6.19. The molecule has 0 heterocycles. The van der Waals surface area contributed by atoms with Crippen molar-refractivity contribution in [2.24, 2.45) is 0 Å². The number of halogens is 2. The Kier molecular flexibility index (Phi) is 4.24. The Bertz CT molecular complexity index is 781. The van der Waals surface area contributed by atoms with Crippen LogP contribution in [-0.4, -0.2) is 15.5 Å². The minimum Gasteiger partial charge on any atom is -0.495 e. The van der Waals surface area contributed by atoms with Crippen LogP contribution in [0.2, 0.25) is 5.02 Å². The lowest BCUT2D eigenvalue weighted by Crippen LogP contribution is -2.16. The van der Waals surface area contributed by atoms with Crippen molar-refractivity contribution in [3.8, 4) is 5.75 Å². The Labute approximate surface area is 126 Å². The van der Waals surface area contributed by atoms with Gasteiger partial charge < -0.3 is 10.5 Å². The number of para-hydroxylation sites is 1. The molecule has 112 valence electrons. The van der Waals surface area contributed by atoms with Crippen molar-refractivity contribution >= 4 is 33.0 Å². The molecule has 21 heavy (non-hydrogen) atoms. The highest BCUT2D eigenvalue weighted by Gasteiger charge is 2.21. The van der Waals surface area contributed by atoms with Gasteiger partial charge in [0, 0.05) is 5.02 Å². The minimum atomic E-state index is -4.07. The zero-order valence-electron chi connectivity index (χ0n) is 10.9. The fourth-order valence-electron chi connectivity index (χ4n) is 1.71. The number of nitrogens with two attached hydrogens (primary N) is 1. The van der Waals surface area contributed by atoms with Gasteiger partial charge in [0.1, 0.15) is 16.5 Å². The van der Waals surface area contributed by atoms with Gasteiger partial charge in [-0.2, -0.15) is 0 Å². The molecule has 0 spiro atoms. The van der Waals surface area contributed by atoms with E-state index in [9.17, 15) is 12.8 Å². The summed E-state index contributed by atoms with van der Waals surface area (Å²) in [6.45, 7) is 0. The molecule has 0 aromatic heterocycles. The predicted octanol–water partition coefficient (Wildman–Crippen LogP) is 2.87. The van der Waals surface area contributed by atoms with E-state index >= 15 is 0 Å². The molecule has 0 unspecified atom stereocenters. The number of anilines is 2. The molecule has 0 atom stereocenters. The molecular formula is C13H12ClFN2O3S. The number of rotatable bonds is 4. The summed E-state index contributed by atoms with van der Waals surface area (Å²) in [6.07, 6.45) is 0. The fourth-order valence-corrected chi connectivity index (χ4v) is 3.09. The van der Waals surface area contributed by atoms with Gasteiger partial charge in [0.15, 0.2) is 0 Å². The Morgan fingerprint density at radius 1 is 1.29 bits per heavy atom. The van der Waals surface area contributed by atoms with E-state index in [4.69, 9.17) is 22.1 Å². The number of ether oxygens (including phenoxy) is 1. The summed E-state index contributed by atoms with van der Waals surface area (Å²) in [5.74, 6) is -0.533. The normalized spacial score (nSPS) is 11.2. The van der Waals surface area contributed by atoms with Crippen molar-refractivity contribution in [3.63, 3.8) is 0 Å². The predicted molar refractivity (Wildman–Crippen MR) is 79.6 cm³/mol. The van der Waals surface area contributed by atoms with Crippen molar-refractivity contribution < 1.29 is 17.5 Å². The molecule has 0 aliphatic rings. The molecule has 2 aromatic carbocycles. The third-order valence-corrected chi connectivity index (χ3v) is 4.37. The van der Waals surface area contributed by atoms with Crippen molar-refractivity contribution in [3.05, 3.63) is 47.2 Å². The SMILES string of the molecule is COc1ccc(Cl)cc1NS(=O)(=O)c1cccc(F)c1N. The first-order valence-corrected chi connectivity index (χ1v) is 7.61. The quantitative estimate of drug-likeness (QED) is 0.845. The fraction of sp³-hybridized carbons (Fsp3) is 0.0769. The topological polar surface area (TPSA) is 81.4 Å². The van der Waals surface area contributed by atoms with Crippen LogP contribution < -0.4 is 15.2 Å². The van der Waals surface area contributed by atoms with Crippen LogP contribution in [0, 0.1) is 5.82 Å². The summed E-state index contributed by atoms with van der Waals surface area (Å²) in [6, 6.07) is 7.98. The van der Waals surface area contributed by atoms with E-state index < -0.39 is 21.5 Å². The molecule has 0 saturated carbocycles. The summed E-state index contributed by atoms with van der Waals surface area (Å²) in [5.41, 5.74) is 5.15. The Balaban J connectivity index is 2.47. The molecule has 8 heteroatoms. The molecule has 0 fully saturated rings. The van der Waals surface area contributed by atoms with Crippen molar-refractivity contribution in [1.29, 1.82) is 0 Å². The summed E-state index contributed by atoms with van der Waals surface area (Å²) in [5, 5.41) is 0.320. The molecule has 0 amide bonds. The summed E-state index contributed by atoms with van der Waals surface area (Å²) in [7, 11) is -2.68. The van der Waals surface area contributed by atoms with E-state index in [0.717, 1.165) is 6.07 Å². The van der Waals surface area contributed by atoms with Crippen molar-refractivity contribution in [1.82, 2.24) is 0 Å². The second-order valence-electron chi connectivity index (χ2n) is 4.10. The Morgan fingerprint density at radius 2 is 2.00 bits per heavy atom. The van der Waals surface area contributed by atoms with Crippen LogP contribution in [0.25, 0.3) is 0 Å². The number of sulfonamides is 1. The van der Waals surface area contributed by atoms with Gasteiger partial charge in [0.25, 0.3) is 10.0 Å². The molecule has 0 aliphatic heterocycles. The first-order valence-electron chi connectivity index (χ1n) is 5.75. The Hall–Kier alpha value is -1.99. The molecule has 2 aromatic rings. The van der Waals surface area contributed by atoms with E-state index in [1.54, 1.807) is 6.07 Å². The minimum absolute atomic E-state index is 0.133. The van der Waals surface area contributed by atoms with Crippen LogP contribution >= 0.6 is 11.6 Å². The lowest BCUT2D eigenvalue weighted by atomic mass is 10.3. The monoisotopic (exact) mass is 330 g/mol. The molecule has 0 bridgehead atoms. The lowest BCUT2D eigenvalue weighted by molar-refractivity contribution is 0.417. The third kappa shape index (κ3) is 3.20. The van der Waals surface area contributed by atoms with Gasteiger partial charge in [-0.1, -0.05) is 17.7 Å². The van der Waals surface area contributed by atoms with E-state index in [1.807, 2.05) is 0 Å². The average Bonchev–Trinajstić information content (AvgIpc) is 2.41. The van der Waals surface area contributed by atoms with Gasteiger partial charge in [0.05, 0.1) is 18.5 Å². The summed E-state index contributed by atoms with van der Waals surface area (Å²) >= 11 is 5.83. The van der Waals surface area contributed by atoms with Gasteiger partial charge in [-0.05, 0) is 30.3 Å². The first-order chi connectivity index (χ1) is 9.85. The average molecular weight is 331 g/mol. The van der Waals surface area contributed by atoms with Gasteiger partial charge in [-0.3, -0.25) is 4.72 Å². The highest BCUT2D eigenvalue weighted by molar-refractivity contribution is 7.92. The van der Waals surface area contributed by atoms with Crippen LogP contribution in [0.3, 0.4) is 0 Å². The van der Waals surface area contributed by atoms with E-state index in [0.29, 0.717) is 5.02 Å². The highest BCUT2D eigenvalue weighted by atomic mass is 35.5. The molecule has 0 aliphatic carbocycles. The van der Waals surface area contributed by atoms with Gasteiger partial charge in [0.2, 0.25) is 0 Å². The molecule has 3 N–H and O–H groups in total. The number of methoxy groups -OCH3 is 1. The maximum Gasteiger partial charge on any atom is 0.264 e. The lowest BCUT2D eigenvalue weighted by Gasteiger charge is -2.13. The first kappa shape index (κ1) is 15.4. The number of hydrogen-bond donors (Lipinski definition) is 2. The van der Waals surface area contributed by atoms with E-state index in [1.165, 1.54) is 31.4 Å². The maximum atomic E-state index is 13.4. The van der Waals surface area contributed by atoms with Gasteiger partial charge >= 0.3 is 0 Å². The maximum absolute atomic E-state index is 13.4. The third-order valence-electron chi connectivity index (χ3n) is 2.71. The van der Waals surface area contributed by atoms with Crippen LogP contribution in [-0.2, 0) is 10.0 Å². The second kappa shape index (κ2) is 5.79. The van der Waals surface area contributed by atoms with E-state index in [-0.39, 0.29) is 16.3 Å². The number of hydrogen-bond acceptors (Lipinski definition) is 4. The molecular weight excluding hydrogens is 319 g/mol. The number of nitrogen functional groups attached to an aromatic ring is 1. The number of benzene rings is 2. The van der Waals surface area contributed by atoms with Crippen LogP contribution in [0.1, 0.15) is 0 Å². The zero-order valence-corrected chi connectivity index (χ0v) is 12.5. The van der Waals surface area contributed by atoms with Crippen molar-refractivity contribution in [2.75, 3.05) is 17.6 Å². The zero-order chi connectivity index (χ0) is 15.6. The molecule has 5 nitrogen and oxygen atoms in total. The number of nitrogens with one attached hydrogen (secondary N) is 1. The summed E-state index contributed by atoms with van der Waals surface area (Å²) in [4.78, 5) is -0.357. The molecule has 0 saturated heterocycles. The Morgan fingerprint density at radius 3 is 2.67 bits per heavy atom. The standard InChI is InChI=1S/C13H12ClFN2O3S/c1-20-11-6-5-8(14)7-10(11)17-21(18,19)12-4-2-3-9(15)13(12)16/h2-7,17H,16H2,1H3. The van der Waals surface area contributed by atoms with Crippen LogP contribution in [0.4, 0.5) is 15.8 Å².